The Balaban J connectivity index is 3.75. The Bertz CT molecular complexity index is 198. The Labute approximate surface area is 128 Å². The van der Waals surface area contributed by atoms with Crippen LogP contribution in [0.25, 0.3) is 0 Å². The lowest BCUT2D eigenvalue weighted by molar-refractivity contribution is -0.910. The van der Waals surface area contributed by atoms with Crippen LogP contribution < -0.4 is 0 Å². The summed E-state index contributed by atoms with van der Waals surface area (Å²) in [5.41, 5.74) is 0. The van der Waals surface area contributed by atoms with Gasteiger partial charge in [0.05, 0.1) is 26.7 Å². The molecule has 0 atom stereocenters. The van der Waals surface area contributed by atoms with Crippen LogP contribution in [0.3, 0.4) is 0 Å². The Hall–Kier alpha value is -0.0800. The summed E-state index contributed by atoms with van der Waals surface area (Å²) in [5.74, 6) is 0. The smallest absolute Gasteiger partial charge is 0.183 e. The lowest BCUT2D eigenvalue weighted by Gasteiger charge is -2.31. The third-order valence-corrected chi connectivity index (χ3v) is 4.00. The van der Waals surface area contributed by atoms with Crippen molar-refractivity contribution in [3.8, 4) is 0 Å². The summed E-state index contributed by atoms with van der Waals surface area (Å²) in [5, 5.41) is 0. The predicted molar refractivity (Wildman–Crippen MR) is 89.9 cm³/mol. The van der Waals surface area contributed by atoms with E-state index in [1.807, 2.05) is 0 Å². The highest BCUT2D eigenvalue weighted by Gasteiger charge is 2.17. The van der Waals surface area contributed by atoms with Crippen molar-refractivity contribution < 1.29 is 9.22 Å². The predicted octanol–water partition coefficient (Wildman–Crippen LogP) is 5.37. The van der Waals surface area contributed by atoms with Gasteiger partial charge in [0.2, 0.25) is 0 Å². The van der Waals surface area contributed by atoms with Crippen LogP contribution in [0.1, 0.15) is 85.0 Å². The largest absolute Gasteiger partial charge is 0.328 e. The minimum absolute atomic E-state index is 0.479. The second-order valence-corrected chi connectivity index (χ2v) is 6.92. The van der Waals surface area contributed by atoms with Crippen LogP contribution in [0.15, 0.2) is 0 Å². The molecule has 0 bridgehead atoms. The molecule has 0 aromatic heterocycles. The Morgan fingerprint density at radius 1 is 0.750 bits per heavy atom. The highest BCUT2D eigenvalue weighted by molar-refractivity contribution is 4.55. The molecule has 0 unspecified atom stereocenters. The van der Waals surface area contributed by atoms with Crippen molar-refractivity contribution in [2.24, 2.45) is 0 Å². The molecular weight excluding hydrogens is 246 g/mol. The molecule has 0 aromatic rings. The van der Waals surface area contributed by atoms with Gasteiger partial charge >= 0.3 is 0 Å². The lowest BCUT2D eigenvalue weighted by Crippen LogP contribution is -2.43. The molecule has 0 spiro atoms. The minimum atomic E-state index is 0.479. The highest BCUT2D eigenvalue weighted by Crippen LogP contribution is 2.13. The second-order valence-electron chi connectivity index (χ2n) is 6.92. The van der Waals surface area contributed by atoms with Crippen molar-refractivity contribution in [3.63, 3.8) is 0 Å². The maximum atomic E-state index is 6.16. The van der Waals surface area contributed by atoms with Gasteiger partial charge in [-0.2, -0.15) is 0 Å². The zero-order valence-electron chi connectivity index (χ0n) is 14.9. The lowest BCUT2D eigenvalue weighted by atomic mass is 10.1. The summed E-state index contributed by atoms with van der Waals surface area (Å²) in [4.78, 5) is 0. The number of hydrogen-bond donors (Lipinski definition) is 0. The molecule has 2 heteroatoms. The Morgan fingerprint density at radius 2 is 1.30 bits per heavy atom. The van der Waals surface area contributed by atoms with E-state index in [2.05, 4.69) is 34.9 Å². The normalized spacial score (nSPS) is 12.3. The van der Waals surface area contributed by atoms with Gasteiger partial charge in [-0.3, -0.25) is 0 Å². The molecule has 20 heavy (non-hydrogen) atoms. The number of quaternary nitrogens is 1. The zero-order chi connectivity index (χ0) is 15.3. The molecule has 0 saturated carbocycles. The summed E-state index contributed by atoms with van der Waals surface area (Å²) >= 11 is 0. The van der Waals surface area contributed by atoms with Gasteiger partial charge in [-0.15, -0.1) is 0 Å². The van der Waals surface area contributed by atoms with E-state index in [9.17, 15) is 0 Å². The van der Waals surface area contributed by atoms with Gasteiger partial charge in [-0.05, 0) is 25.7 Å². The number of unbranched alkanes of at least 4 members (excludes halogenated alkanes) is 5. The van der Waals surface area contributed by atoms with E-state index >= 15 is 0 Å². The molecule has 122 valence electrons. The van der Waals surface area contributed by atoms with Crippen molar-refractivity contribution >= 4 is 0 Å². The quantitative estimate of drug-likeness (QED) is 0.237. The number of ether oxygens (including phenoxy) is 1. The molecule has 0 N–H and O–H groups in total. The van der Waals surface area contributed by atoms with Crippen LogP contribution in [-0.4, -0.2) is 38.0 Å². The van der Waals surface area contributed by atoms with E-state index in [0.29, 0.717) is 6.10 Å². The fourth-order valence-electron chi connectivity index (χ4n) is 2.65. The van der Waals surface area contributed by atoms with E-state index in [4.69, 9.17) is 4.74 Å². The van der Waals surface area contributed by atoms with E-state index < -0.39 is 0 Å². The van der Waals surface area contributed by atoms with Crippen LogP contribution in [-0.2, 0) is 4.74 Å². The monoisotopic (exact) mass is 286 g/mol. The van der Waals surface area contributed by atoms with Crippen molar-refractivity contribution in [2.45, 2.75) is 91.1 Å². The number of hydrogen-bond acceptors (Lipinski definition) is 1. The maximum Gasteiger partial charge on any atom is 0.183 e. The summed E-state index contributed by atoms with van der Waals surface area (Å²) < 4.78 is 7.17. The van der Waals surface area contributed by atoms with Gasteiger partial charge < -0.3 is 9.22 Å². The van der Waals surface area contributed by atoms with Crippen LogP contribution in [0.5, 0.6) is 0 Å². The third-order valence-electron chi connectivity index (χ3n) is 4.00. The molecule has 2 nitrogen and oxygen atoms in total. The molecule has 0 amide bonds. The fraction of sp³-hybridized carbons (Fsp3) is 1.00. The first-order valence-electron chi connectivity index (χ1n) is 8.99. The van der Waals surface area contributed by atoms with E-state index in [1.54, 1.807) is 0 Å². The Kier molecular flexibility index (Phi) is 12.6. The maximum absolute atomic E-state index is 6.16. The molecule has 0 saturated heterocycles. The van der Waals surface area contributed by atoms with E-state index in [1.165, 1.54) is 70.8 Å². The van der Waals surface area contributed by atoms with Gasteiger partial charge in [0.25, 0.3) is 0 Å². The van der Waals surface area contributed by atoms with Crippen molar-refractivity contribution in [1.82, 2.24) is 0 Å². The molecule has 0 heterocycles. The summed E-state index contributed by atoms with van der Waals surface area (Å²) in [6.45, 7) is 8.90. The molecule has 0 aliphatic heterocycles. The molecular formula is C18H40NO+. The molecule has 0 aromatic carbocycles. The molecule has 0 aliphatic rings. The van der Waals surface area contributed by atoms with Crippen LogP contribution >= 0.6 is 0 Å². The van der Waals surface area contributed by atoms with Crippen molar-refractivity contribution in [2.75, 3.05) is 27.4 Å². The van der Waals surface area contributed by atoms with Crippen molar-refractivity contribution in [1.29, 1.82) is 0 Å². The van der Waals surface area contributed by atoms with Crippen LogP contribution in [0, 0.1) is 0 Å². The van der Waals surface area contributed by atoms with Gasteiger partial charge in [0.1, 0.15) is 0 Å². The first-order chi connectivity index (χ1) is 9.55. The highest BCUT2D eigenvalue weighted by atomic mass is 16.5. The molecule has 0 fully saturated rings. The Morgan fingerprint density at radius 3 is 1.85 bits per heavy atom. The van der Waals surface area contributed by atoms with Gasteiger partial charge in [0.15, 0.2) is 6.73 Å². The standard InChI is InChI=1S/C18H40NO/c1-6-9-10-11-12-13-16-19(4,5)17-20-18(14-7-2)15-8-3/h18H,6-17H2,1-5H3/q+1. The average Bonchev–Trinajstić information content (AvgIpc) is 2.41. The number of rotatable bonds is 14. The first kappa shape index (κ1) is 19.9. The number of nitrogens with zero attached hydrogens (tertiary/aromatic N) is 1. The molecule has 0 radical (unpaired) electrons. The first-order valence-corrected chi connectivity index (χ1v) is 8.99. The fourth-order valence-corrected chi connectivity index (χ4v) is 2.65. The summed E-state index contributed by atoms with van der Waals surface area (Å²) in [6.07, 6.45) is 13.6. The summed E-state index contributed by atoms with van der Waals surface area (Å²) in [6, 6.07) is 0. The molecule has 0 rings (SSSR count). The minimum Gasteiger partial charge on any atom is -0.328 e. The van der Waals surface area contributed by atoms with E-state index in [-0.39, 0.29) is 0 Å². The van der Waals surface area contributed by atoms with Gasteiger partial charge in [-0.1, -0.05) is 59.3 Å². The summed E-state index contributed by atoms with van der Waals surface area (Å²) in [7, 11) is 4.61. The topological polar surface area (TPSA) is 9.23 Å². The second kappa shape index (κ2) is 12.6. The van der Waals surface area contributed by atoms with E-state index in [0.717, 1.165) is 11.2 Å². The molecule has 0 aliphatic carbocycles. The average molecular weight is 287 g/mol. The van der Waals surface area contributed by atoms with Crippen LogP contribution in [0.2, 0.25) is 0 Å². The zero-order valence-corrected chi connectivity index (χ0v) is 14.9. The van der Waals surface area contributed by atoms with Gasteiger partial charge in [-0.25, -0.2) is 0 Å². The SMILES string of the molecule is CCCCCCCC[N+](C)(C)COC(CCC)CCC. The third kappa shape index (κ3) is 11.7. The van der Waals surface area contributed by atoms with Gasteiger partial charge in [0, 0.05) is 0 Å². The van der Waals surface area contributed by atoms with Crippen LogP contribution in [0.4, 0.5) is 0 Å². The van der Waals surface area contributed by atoms with Crippen molar-refractivity contribution in [3.05, 3.63) is 0 Å².